The number of hydrogen-bond donors (Lipinski definition) is 0. The molecule has 24 heavy (non-hydrogen) atoms. The van der Waals surface area contributed by atoms with Gasteiger partial charge in [0.05, 0.1) is 6.20 Å². The van der Waals surface area contributed by atoms with Gasteiger partial charge in [0.2, 0.25) is 5.88 Å². The van der Waals surface area contributed by atoms with E-state index in [1.165, 1.54) is 0 Å². The van der Waals surface area contributed by atoms with Crippen LogP contribution < -0.4 is 9.64 Å². The third kappa shape index (κ3) is 2.86. The first-order chi connectivity index (χ1) is 11.8. The molecule has 1 saturated heterocycles. The number of nitriles is 1. The molecule has 0 aliphatic carbocycles. The summed E-state index contributed by atoms with van der Waals surface area (Å²) in [5.41, 5.74) is 1.23. The number of nitrogens with zero attached hydrogens (tertiary/aromatic N) is 6. The van der Waals surface area contributed by atoms with E-state index in [9.17, 15) is 0 Å². The maximum absolute atomic E-state index is 8.96. The fourth-order valence-corrected chi connectivity index (χ4v) is 2.90. The maximum atomic E-state index is 8.96. The molecule has 0 amide bonds. The van der Waals surface area contributed by atoms with Crippen molar-refractivity contribution >= 4 is 11.5 Å². The molecule has 4 heterocycles. The lowest BCUT2D eigenvalue weighted by Crippen LogP contribution is -2.38. The molecule has 0 saturated carbocycles. The summed E-state index contributed by atoms with van der Waals surface area (Å²) in [5, 5.41) is 13.1. The highest BCUT2D eigenvalue weighted by molar-refractivity contribution is 5.42. The van der Waals surface area contributed by atoms with Crippen LogP contribution in [0.25, 0.3) is 5.65 Å². The number of piperidine rings is 1. The highest BCUT2D eigenvalue weighted by Gasteiger charge is 2.22. The smallest absolute Gasteiger partial charge is 0.217 e. The van der Waals surface area contributed by atoms with Crippen LogP contribution in [0.15, 0.2) is 42.7 Å². The quantitative estimate of drug-likeness (QED) is 0.735. The van der Waals surface area contributed by atoms with Crippen molar-refractivity contribution in [2.24, 2.45) is 0 Å². The Hall–Kier alpha value is -3.14. The van der Waals surface area contributed by atoms with Crippen LogP contribution in [0.2, 0.25) is 0 Å². The maximum Gasteiger partial charge on any atom is 0.217 e. The molecule has 0 N–H and O–H groups in total. The van der Waals surface area contributed by atoms with Gasteiger partial charge in [-0.3, -0.25) is 0 Å². The highest BCUT2D eigenvalue weighted by atomic mass is 16.5. The van der Waals surface area contributed by atoms with Crippen molar-refractivity contribution in [3.63, 3.8) is 0 Å². The van der Waals surface area contributed by atoms with E-state index in [-0.39, 0.29) is 6.10 Å². The summed E-state index contributed by atoms with van der Waals surface area (Å²) in [5.74, 6) is 1.48. The number of anilines is 1. The highest BCUT2D eigenvalue weighted by Crippen LogP contribution is 2.21. The lowest BCUT2D eigenvalue weighted by molar-refractivity contribution is 0.164. The molecule has 7 nitrogen and oxygen atoms in total. The van der Waals surface area contributed by atoms with Gasteiger partial charge in [-0.25, -0.2) is 9.50 Å². The summed E-state index contributed by atoms with van der Waals surface area (Å²) >= 11 is 0. The monoisotopic (exact) mass is 320 g/mol. The van der Waals surface area contributed by atoms with Gasteiger partial charge in [0.15, 0.2) is 5.65 Å². The Morgan fingerprint density at radius 1 is 1.12 bits per heavy atom. The largest absolute Gasteiger partial charge is 0.474 e. The van der Waals surface area contributed by atoms with E-state index >= 15 is 0 Å². The van der Waals surface area contributed by atoms with E-state index in [1.54, 1.807) is 16.8 Å². The Labute approximate surface area is 139 Å². The van der Waals surface area contributed by atoms with Gasteiger partial charge in [0.25, 0.3) is 0 Å². The summed E-state index contributed by atoms with van der Waals surface area (Å²) in [6, 6.07) is 11.3. The van der Waals surface area contributed by atoms with Gasteiger partial charge in [-0.2, -0.15) is 15.3 Å². The van der Waals surface area contributed by atoms with Gasteiger partial charge in [-0.15, -0.1) is 0 Å². The number of hydrogen-bond acceptors (Lipinski definition) is 6. The molecule has 3 aromatic heterocycles. The van der Waals surface area contributed by atoms with Crippen LogP contribution >= 0.6 is 0 Å². The second kappa shape index (κ2) is 6.16. The summed E-state index contributed by atoms with van der Waals surface area (Å²) in [6.45, 7) is 1.70. The molecular formula is C17H16N6O. The first kappa shape index (κ1) is 14.5. The zero-order valence-electron chi connectivity index (χ0n) is 13.0. The number of fused-ring (bicyclic) bond motifs is 1. The SMILES string of the molecule is N#Cc1cccc(N2CCC(Oc3ccn4nccc4n3)CC2)n1. The molecule has 0 spiro atoms. The van der Waals surface area contributed by atoms with Gasteiger partial charge < -0.3 is 9.64 Å². The minimum absolute atomic E-state index is 0.137. The van der Waals surface area contributed by atoms with Crippen molar-refractivity contribution in [1.29, 1.82) is 5.26 Å². The molecule has 0 atom stereocenters. The lowest BCUT2D eigenvalue weighted by atomic mass is 10.1. The molecule has 7 heteroatoms. The summed E-state index contributed by atoms with van der Waals surface area (Å²) in [4.78, 5) is 11.0. The molecule has 120 valence electrons. The Morgan fingerprint density at radius 3 is 2.83 bits per heavy atom. The zero-order chi connectivity index (χ0) is 16.4. The van der Waals surface area contributed by atoms with Gasteiger partial charge in [0, 0.05) is 44.3 Å². The summed E-state index contributed by atoms with van der Waals surface area (Å²) < 4.78 is 7.72. The van der Waals surface area contributed by atoms with Gasteiger partial charge >= 0.3 is 0 Å². The molecule has 3 aromatic rings. The fraction of sp³-hybridized carbons (Fsp3) is 0.294. The minimum atomic E-state index is 0.137. The van der Waals surface area contributed by atoms with E-state index in [1.807, 2.05) is 30.5 Å². The number of pyridine rings is 1. The molecular weight excluding hydrogens is 304 g/mol. The Morgan fingerprint density at radius 2 is 2.00 bits per heavy atom. The average molecular weight is 320 g/mol. The van der Waals surface area contributed by atoms with E-state index in [0.717, 1.165) is 37.4 Å². The van der Waals surface area contributed by atoms with Crippen molar-refractivity contribution in [2.75, 3.05) is 18.0 Å². The van der Waals surface area contributed by atoms with Crippen LogP contribution in [0.5, 0.6) is 5.88 Å². The van der Waals surface area contributed by atoms with Crippen molar-refractivity contribution < 1.29 is 4.74 Å². The second-order valence-electron chi connectivity index (χ2n) is 5.70. The summed E-state index contributed by atoms with van der Waals surface area (Å²) in [7, 11) is 0. The zero-order valence-corrected chi connectivity index (χ0v) is 13.0. The average Bonchev–Trinajstić information content (AvgIpc) is 3.10. The van der Waals surface area contributed by atoms with Crippen molar-refractivity contribution in [2.45, 2.75) is 18.9 Å². The Kier molecular flexibility index (Phi) is 3.71. The summed E-state index contributed by atoms with van der Waals surface area (Å²) in [6.07, 6.45) is 5.49. The molecule has 4 rings (SSSR count). The number of aromatic nitrogens is 4. The van der Waals surface area contributed by atoms with E-state index in [0.29, 0.717) is 11.6 Å². The molecule has 0 aromatic carbocycles. The van der Waals surface area contributed by atoms with Crippen LogP contribution in [0, 0.1) is 11.3 Å². The van der Waals surface area contributed by atoms with E-state index in [4.69, 9.17) is 10.00 Å². The van der Waals surface area contributed by atoms with E-state index in [2.05, 4.69) is 26.0 Å². The van der Waals surface area contributed by atoms with Crippen LogP contribution in [-0.2, 0) is 0 Å². The van der Waals surface area contributed by atoms with Gasteiger partial charge in [-0.05, 0) is 12.1 Å². The van der Waals surface area contributed by atoms with Crippen LogP contribution in [0.1, 0.15) is 18.5 Å². The topological polar surface area (TPSA) is 79.3 Å². The van der Waals surface area contributed by atoms with Crippen molar-refractivity contribution in [3.05, 3.63) is 48.4 Å². The van der Waals surface area contributed by atoms with Crippen LogP contribution in [0.3, 0.4) is 0 Å². The fourth-order valence-electron chi connectivity index (χ4n) is 2.90. The molecule has 1 fully saturated rings. The van der Waals surface area contributed by atoms with Gasteiger partial charge in [-0.1, -0.05) is 6.07 Å². The van der Waals surface area contributed by atoms with Gasteiger partial charge in [0.1, 0.15) is 23.7 Å². The molecule has 0 radical (unpaired) electrons. The normalized spacial score (nSPS) is 15.4. The minimum Gasteiger partial charge on any atom is -0.474 e. The second-order valence-corrected chi connectivity index (χ2v) is 5.70. The number of rotatable bonds is 3. The lowest BCUT2D eigenvalue weighted by Gasteiger charge is -2.32. The predicted octanol–water partition coefficient (Wildman–Crippen LogP) is 2.04. The number of ether oxygens (including phenoxy) is 1. The van der Waals surface area contributed by atoms with Crippen LogP contribution in [-0.4, -0.2) is 38.8 Å². The third-order valence-electron chi connectivity index (χ3n) is 4.13. The Balaban J connectivity index is 1.39. The molecule has 0 unspecified atom stereocenters. The van der Waals surface area contributed by atoms with Crippen LogP contribution in [0.4, 0.5) is 5.82 Å². The van der Waals surface area contributed by atoms with E-state index < -0.39 is 0 Å². The van der Waals surface area contributed by atoms with Crippen molar-refractivity contribution in [3.8, 4) is 11.9 Å². The predicted molar refractivity (Wildman–Crippen MR) is 87.8 cm³/mol. The molecule has 0 bridgehead atoms. The molecule has 1 aliphatic heterocycles. The Bertz CT molecular complexity index is 891. The first-order valence-corrected chi connectivity index (χ1v) is 7.91. The molecule has 1 aliphatic rings. The first-order valence-electron chi connectivity index (χ1n) is 7.91. The van der Waals surface area contributed by atoms with Crippen molar-refractivity contribution in [1.82, 2.24) is 19.6 Å². The standard InChI is InChI=1S/C17H16N6O/c18-12-13-2-1-3-15(20-13)22-9-5-14(6-10-22)24-17-7-11-23-16(21-17)4-8-19-23/h1-4,7-8,11,14H,5-6,9-10H2. The third-order valence-corrected chi connectivity index (χ3v) is 4.13.